The third-order valence-electron chi connectivity index (χ3n) is 2.90. The number of hydrogen-bond donors (Lipinski definition) is 1. The molecule has 3 heterocycles. The minimum atomic E-state index is 0.738. The Labute approximate surface area is 109 Å². The quantitative estimate of drug-likeness (QED) is 0.782. The fraction of sp³-hybridized carbons (Fsp3) is 0.231. The van der Waals surface area contributed by atoms with Crippen molar-refractivity contribution in [1.29, 1.82) is 0 Å². The first-order chi connectivity index (χ1) is 8.83. The number of aryl methyl sites for hydroxylation is 2. The lowest BCUT2D eigenvalue weighted by atomic mass is 10.2. The van der Waals surface area contributed by atoms with Crippen LogP contribution in [-0.2, 0) is 12.8 Å². The Kier molecular flexibility index (Phi) is 2.98. The summed E-state index contributed by atoms with van der Waals surface area (Å²) in [6.07, 6.45) is 4.98. The van der Waals surface area contributed by atoms with Gasteiger partial charge < -0.3 is 5.73 Å². The van der Waals surface area contributed by atoms with Crippen LogP contribution in [0.3, 0.4) is 0 Å². The Hall–Kier alpha value is -1.88. The van der Waals surface area contributed by atoms with Crippen LogP contribution in [-0.4, -0.2) is 14.6 Å². The van der Waals surface area contributed by atoms with Crippen molar-refractivity contribution in [1.82, 2.24) is 14.6 Å². The first-order valence-electron chi connectivity index (χ1n) is 5.94. The summed E-state index contributed by atoms with van der Waals surface area (Å²) in [4.78, 5) is 1.42. The molecule has 0 saturated heterocycles. The standard InChI is InChI=1S/C13H14N4S/c14-10-6-7-13-16-15-12(17(13)9-10)5-1-3-11-4-2-8-18-11/h2,4,6-9H,1,3,5,14H2. The lowest BCUT2D eigenvalue weighted by Gasteiger charge is -2.00. The maximum atomic E-state index is 5.78. The first-order valence-corrected chi connectivity index (χ1v) is 6.82. The van der Waals surface area contributed by atoms with Gasteiger partial charge in [0.1, 0.15) is 5.82 Å². The van der Waals surface area contributed by atoms with E-state index in [4.69, 9.17) is 5.73 Å². The highest BCUT2D eigenvalue weighted by molar-refractivity contribution is 7.09. The topological polar surface area (TPSA) is 56.2 Å². The molecule has 0 saturated carbocycles. The van der Waals surface area contributed by atoms with E-state index >= 15 is 0 Å². The van der Waals surface area contributed by atoms with Crippen molar-refractivity contribution >= 4 is 22.7 Å². The number of nitrogens with zero attached hydrogens (tertiary/aromatic N) is 3. The van der Waals surface area contributed by atoms with E-state index in [9.17, 15) is 0 Å². The van der Waals surface area contributed by atoms with Crippen molar-refractivity contribution in [2.45, 2.75) is 19.3 Å². The Bertz CT molecular complexity index is 642. The molecular weight excluding hydrogens is 244 g/mol. The summed E-state index contributed by atoms with van der Waals surface area (Å²) in [7, 11) is 0. The fourth-order valence-corrected chi connectivity index (χ4v) is 2.75. The van der Waals surface area contributed by atoms with Gasteiger partial charge in [-0.15, -0.1) is 21.5 Å². The molecule has 92 valence electrons. The lowest BCUT2D eigenvalue weighted by Crippen LogP contribution is -1.97. The van der Waals surface area contributed by atoms with Crippen molar-refractivity contribution < 1.29 is 0 Å². The molecule has 0 radical (unpaired) electrons. The van der Waals surface area contributed by atoms with Gasteiger partial charge in [0, 0.05) is 23.2 Å². The summed E-state index contributed by atoms with van der Waals surface area (Å²) < 4.78 is 1.98. The van der Waals surface area contributed by atoms with Crippen molar-refractivity contribution in [3.8, 4) is 0 Å². The minimum absolute atomic E-state index is 0.738. The summed E-state index contributed by atoms with van der Waals surface area (Å²) in [5.41, 5.74) is 7.38. The number of thiophene rings is 1. The number of hydrogen-bond acceptors (Lipinski definition) is 4. The number of aromatic nitrogens is 3. The zero-order chi connectivity index (χ0) is 12.4. The summed E-state index contributed by atoms with van der Waals surface area (Å²) in [5.74, 6) is 0.980. The van der Waals surface area contributed by atoms with Crippen LogP contribution in [0.5, 0.6) is 0 Å². The maximum Gasteiger partial charge on any atom is 0.160 e. The zero-order valence-electron chi connectivity index (χ0n) is 9.91. The second-order valence-electron chi connectivity index (χ2n) is 4.24. The molecule has 2 N–H and O–H groups in total. The van der Waals surface area contributed by atoms with Crippen LogP contribution in [0, 0.1) is 0 Å². The average Bonchev–Trinajstić information content (AvgIpc) is 2.99. The molecule has 0 spiro atoms. The van der Waals surface area contributed by atoms with Gasteiger partial charge in [-0.3, -0.25) is 4.40 Å². The summed E-state index contributed by atoms with van der Waals surface area (Å²) in [5, 5.41) is 10.5. The van der Waals surface area contributed by atoms with Crippen LogP contribution in [0.2, 0.25) is 0 Å². The van der Waals surface area contributed by atoms with Crippen LogP contribution in [0.15, 0.2) is 35.8 Å². The molecule has 18 heavy (non-hydrogen) atoms. The highest BCUT2D eigenvalue weighted by Gasteiger charge is 2.05. The molecule has 0 atom stereocenters. The molecular formula is C13H14N4S. The van der Waals surface area contributed by atoms with Crippen LogP contribution in [0.25, 0.3) is 5.65 Å². The van der Waals surface area contributed by atoms with E-state index in [1.165, 1.54) is 4.88 Å². The molecule has 5 heteroatoms. The Morgan fingerprint density at radius 2 is 2.11 bits per heavy atom. The number of anilines is 1. The van der Waals surface area contributed by atoms with Crippen LogP contribution in [0.4, 0.5) is 5.69 Å². The number of fused-ring (bicyclic) bond motifs is 1. The fourth-order valence-electron chi connectivity index (χ4n) is 2.00. The van der Waals surface area contributed by atoms with Crippen LogP contribution < -0.4 is 5.73 Å². The molecule has 3 rings (SSSR count). The molecule has 0 aromatic carbocycles. The monoisotopic (exact) mass is 258 g/mol. The van der Waals surface area contributed by atoms with E-state index in [2.05, 4.69) is 27.7 Å². The third-order valence-corrected chi connectivity index (χ3v) is 3.84. The molecule has 3 aromatic heterocycles. The second-order valence-corrected chi connectivity index (χ2v) is 5.27. The minimum Gasteiger partial charge on any atom is -0.398 e. The lowest BCUT2D eigenvalue weighted by molar-refractivity contribution is 0.767. The van der Waals surface area contributed by atoms with E-state index in [0.717, 1.165) is 36.4 Å². The van der Waals surface area contributed by atoms with Gasteiger partial charge in [0.05, 0.1) is 0 Å². The predicted octanol–water partition coefficient (Wildman–Crippen LogP) is 2.55. The highest BCUT2D eigenvalue weighted by Crippen LogP contribution is 2.14. The van der Waals surface area contributed by atoms with E-state index < -0.39 is 0 Å². The summed E-state index contributed by atoms with van der Waals surface area (Å²) >= 11 is 1.80. The van der Waals surface area contributed by atoms with Crippen molar-refractivity contribution in [3.05, 3.63) is 46.5 Å². The van der Waals surface area contributed by atoms with E-state index in [0.29, 0.717) is 0 Å². The molecule has 0 amide bonds. The van der Waals surface area contributed by atoms with Crippen molar-refractivity contribution in [2.24, 2.45) is 0 Å². The maximum absolute atomic E-state index is 5.78. The van der Waals surface area contributed by atoms with Gasteiger partial charge >= 0.3 is 0 Å². The molecule has 0 unspecified atom stereocenters. The molecule has 3 aromatic rings. The van der Waals surface area contributed by atoms with Crippen LogP contribution >= 0.6 is 11.3 Å². The molecule has 0 fully saturated rings. The Balaban J connectivity index is 1.72. The molecule has 4 nitrogen and oxygen atoms in total. The van der Waals surface area contributed by atoms with Gasteiger partial charge in [0.2, 0.25) is 0 Å². The normalized spacial score (nSPS) is 11.1. The van der Waals surface area contributed by atoms with E-state index in [1.54, 1.807) is 11.3 Å². The van der Waals surface area contributed by atoms with Gasteiger partial charge in [-0.1, -0.05) is 6.07 Å². The molecule has 0 aliphatic carbocycles. The number of nitrogen functional groups attached to an aromatic ring is 1. The smallest absolute Gasteiger partial charge is 0.160 e. The van der Waals surface area contributed by atoms with Gasteiger partial charge in [0.25, 0.3) is 0 Å². The third kappa shape index (κ3) is 2.22. The van der Waals surface area contributed by atoms with Gasteiger partial charge in [-0.05, 0) is 36.4 Å². The molecule has 0 aliphatic rings. The van der Waals surface area contributed by atoms with E-state index in [-0.39, 0.29) is 0 Å². The summed E-state index contributed by atoms with van der Waals surface area (Å²) in [6, 6.07) is 8.00. The van der Waals surface area contributed by atoms with Gasteiger partial charge in [0.15, 0.2) is 5.65 Å². The number of rotatable bonds is 4. The molecule has 0 aliphatic heterocycles. The molecule has 0 bridgehead atoms. The van der Waals surface area contributed by atoms with Crippen molar-refractivity contribution in [3.63, 3.8) is 0 Å². The van der Waals surface area contributed by atoms with Gasteiger partial charge in [-0.2, -0.15) is 0 Å². The number of nitrogens with two attached hydrogens (primary N) is 1. The SMILES string of the molecule is Nc1ccc2nnc(CCCc3cccs3)n2c1. The second kappa shape index (κ2) is 4.78. The average molecular weight is 258 g/mol. The van der Waals surface area contributed by atoms with Gasteiger partial charge in [-0.25, -0.2) is 0 Å². The first kappa shape index (κ1) is 11.2. The Morgan fingerprint density at radius 3 is 2.94 bits per heavy atom. The van der Waals surface area contributed by atoms with Crippen molar-refractivity contribution in [2.75, 3.05) is 5.73 Å². The van der Waals surface area contributed by atoms with Crippen LogP contribution in [0.1, 0.15) is 17.1 Å². The van der Waals surface area contributed by atoms with E-state index in [1.807, 2.05) is 22.7 Å². The zero-order valence-corrected chi connectivity index (χ0v) is 10.7. The highest BCUT2D eigenvalue weighted by atomic mass is 32.1. The Morgan fingerprint density at radius 1 is 1.17 bits per heavy atom. The summed E-state index contributed by atoms with van der Waals surface area (Å²) in [6.45, 7) is 0. The largest absolute Gasteiger partial charge is 0.398 e. The predicted molar refractivity (Wildman–Crippen MR) is 73.7 cm³/mol. The number of pyridine rings is 1.